The molecule has 0 fully saturated rings. The van der Waals surface area contributed by atoms with Gasteiger partial charge in [-0.2, -0.15) is 0 Å². The molecule has 154 valence electrons. The monoisotopic (exact) mass is 439 g/mol. The predicted molar refractivity (Wildman–Crippen MR) is 108 cm³/mol. The fourth-order valence-corrected chi connectivity index (χ4v) is 3.12. The first kappa shape index (κ1) is 22.5. The molecule has 0 aliphatic heterocycles. The Morgan fingerprint density at radius 3 is 2.34 bits per heavy atom. The molecule has 0 radical (unpaired) electrons. The van der Waals surface area contributed by atoms with Gasteiger partial charge in [0, 0.05) is 18.7 Å². The molecule has 0 aliphatic carbocycles. The smallest absolute Gasteiger partial charge is 0.329 e. The zero-order chi connectivity index (χ0) is 21.6. The Morgan fingerprint density at radius 2 is 1.79 bits per heavy atom. The average Bonchev–Trinajstić information content (AvgIpc) is 2.69. The zero-order valence-corrected chi connectivity index (χ0v) is 16.9. The molecule has 2 aromatic carbocycles. The van der Waals surface area contributed by atoms with Crippen molar-refractivity contribution in [1.82, 2.24) is 10.6 Å². The first-order chi connectivity index (χ1) is 13.8. The van der Waals surface area contributed by atoms with E-state index in [1.165, 1.54) is 31.4 Å². The second kappa shape index (κ2) is 10.1. The van der Waals surface area contributed by atoms with Crippen molar-refractivity contribution in [3.05, 3.63) is 63.1 Å². The lowest BCUT2D eigenvalue weighted by molar-refractivity contribution is -0.142. The lowest BCUT2D eigenvalue weighted by Gasteiger charge is -2.16. The molecule has 0 heterocycles. The van der Waals surface area contributed by atoms with Gasteiger partial charge in [-0.05, 0) is 29.8 Å². The van der Waals surface area contributed by atoms with Crippen molar-refractivity contribution in [3.63, 3.8) is 0 Å². The molecule has 0 saturated heterocycles. The highest BCUT2D eigenvalue weighted by Crippen LogP contribution is 2.27. The molecule has 1 atom stereocenters. The largest absolute Gasteiger partial charge is 0.508 e. The maximum absolute atomic E-state index is 12.4. The van der Waals surface area contributed by atoms with Gasteiger partial charge in [0.1, 0.15) is 11.8 Å². The third-order valence-electron chi connectivity index (χ3n) is 3.92. The summed E-state index contributed by atoms with van der Waals surface area (Å²) < 4.78 is 4.55. The van der Waals surface area contributed by atoms with Gasteiger partial charge >= 0.3 is 5.97 Å². The first-order valence-electron chi connectivity index (χ1n) is 8.40. The van der Waals surface area contributed by atoms with Crippen LogP contribution in [0.1, 0.15) is 26.3 Å². The minimum absolute atomic E-state index is 0.0712. The number of hydrogen-bond donors (Lipinski definition) is 4. The van der Waals surface area contributed by atoms with E-state index in [1.54, 1.807) is 12.1 Å². The summed E-state index contributed by atoms with van der Waals surface area (Å²) in [6, 6.07) is 7.94. The SMILES string of the molecule is COC(=O)C(CN)NC(=O)c1c(Cl)cc(C(=O)NCc2cccc(O)c2)cc1Cl. The summed E-state index contributed by atoms with van der Waals surface area (Å²) in [5.41, 5.74) is 6.19. The van der Waals surface area contributed by atoms with E-state index in [0.29, 0.717) is 5.56 Å². The Bertz CT molecular complexity index is 913. The van der Waals surface area contributed by atoms with E-state index in [2.05, 4.69) is 15.4 Å². The number of methoxy groups -OCH3 is 1. The molecular formula is C19H19Cl2N3O5. The molecule has 5 N–H and O–H groups in total. The molecule has 0 bridgehead atoms. The predicted octanol–water partition coefficient (Wildman–Crippen LogP) is 1.86. The number of aromatic hydroxyl groups is 1. The van der Waals surface area contributed by atoms with E-state index in [4.69, 9.17) is 28.9 Å². The average molecular weight is 440 g/mol. The summed E-state index contributed by atoms with van der Waals surface area (Å²) in [5.74, 6) is -1.83. The number of benzene rings is 2. The van der Waals surface area contributed by atoms with E-state index >= 15 is 0 Å². The normalized spacial score (nSPS) is 11.4. The lowest BCUT2D eigenvalue weighted by atomic mass is 10.1. The van der Waals surface area contributed by atoms with E-state index < -0.39 is 23.8 Å². The van der Waals surface area contributed by atoms with Crippen LogP contribution < -0.4 is 16.4 Å². The highest BCUT2D eigenvalue weighted by Gasteiger charge is 2.24. The highest BCUT2D eigenvalue weighted by molar-refractivity contribution is 6.40. The van der Waals surface area contributed by atoms with Crippen molar-refractivity contribution in [2.24, 2.45) is 5.73 Å². The van der Waals surface area contributed by atoms with E-state index in [9.17, 15) is 19.5 Å². The third kappa shape index (κ3) is 5.83. The topological polar surface area (TPSA) is 131 Å². The maximum Gasteiger partial charge on any atom is 0.329 e. The molecule has 2 rings (SSSR count). The number of nitrogens with two attached hydrogens (primary N) is 1. The summed E-state index contributed by atoms with van der Waals surface area (Å²) in [6.45, 7) is -0.00873. The maximum atomic E-state index is 12.4. The third-order valence-corrected chi connectivity index (χ3v) is 4.52. The van der Waals surface area contributed by atoms with Gasteiger partial charge in [-0.25, -0.2) is 4.79 Å². The van der Waals surface area contributed by atoms with Gasteiger partial charge in [-0.15, -0.1) is 0 Å². The fourth-order valence-electron chi connectivity index (χ4n) is 2.46. The van der Waals surface area contributed by atoms with E-state index in [1.807, 2.05) is 0 Å². The summed E-state index contributed by atoms with van der Waals surface area (Å²) in [5, 5.41) is 14.4. The molecule has 0 spiro atoms. The Morgan fingerprint density at radius 1 is 1.14 bits per heavy atom. The second-order valence-electron chi connectivity index (χ2n) is 5.95. The van der Waals surface area contributed by atoms with Crippen molar-refractivity contribution in [2.45, 2.75) is 12.6 Å². The fraction of sp³-hybridized carbons (Fsp3) is 0.211. The van der Waals surface area contributed by atoms with Gasteiger partial charge < -0.3 is 26.2 Å². The molecule has 0 aromatic heterocycles. The molecule has 2 amide bonds. The number of phenolic OH excluding ortho intramolecular Hbond substituents is 1. The number of ether oxygens (including phenoxy) is 1. The van der Waals surface area contributed by atoms with E-state index in [0.717, 1.165) is 0 Å². The second-order valence-corrected chi connectivity index (χ2v) is 6.77. The number of nitrogens with one attached hydrogen (secondary N) is 2. The number of carbonyl (C=O) groups excluding carboxylic acids is 3. The minimum atomic E-state index is -1.06. The van der Waals surface area contributed by atoms with Crippen LogP contribution in [0.4, 0.5) is 0 Å². The number of amides is 2. The molecule has 8 nitrogen and oxygen atoms in total. The summed E-state index contributed by atoms with van der Waals surface area (Å²) in [4.78, 5) is 36.4. The number of phenols is 1. The van der Waals surface area contributed by atoms with Crippen LogP contribution in [0.3, 0.4) is 0 Å². The number of rotatable bonds is 7. The van der Waals surface area contributed by atoms with Gasteiger partial charge in [0.2, 0.25) is 0 Å². The lowest BCUT2D eigenvalue weighted by Crippen LogP contribution is -2.46. The van der Waals surface area contributed by atoms with Gasteiger partial charge in [-0.3, -0.25) is 9.59 Å². The number of halogens is 2. The minimum Gasteiger partial charge on any atom is -0.508 e. The van der Waals surface area contributed by atoms with Crippen LogP contribution in [0.15, 0.2) is 36.4 Å². The van der Waals surface area contributed by atoms with Crippen molar-refractivity contribution in [2.75, 3.05) is 13.7 Å². The van der Waals surface area contributed by atoms with Crippen molar-refractivity contribution < 1.29 is 24.2 Å². The van der Waals surface area contributed by atoms with E-state index in [-0.39, 0.29) is 40.0 Å². The van der Waals surface area contributed by atoms with Crippen molar-refractivity contribution in [3.8, 4) is 5.75 Å². The van der Waals surface area contributed by atoms with Gasteiger partial charge in [-0.1, -0.05) is 35.3 Å². The van der Waals surface area contributed by atoms with Crippen molar-refractivity contribution in [1.29, 1.82) is 0 Å². The molecule has 0 saturated carbocycles. The molecule has 2 aromatic rings. The van der Waals surface area contributed by atoms with Gasteiger partial charge in [0.05, 0.1) is 22.7 Å². The van der Waals surface area contributed by atoms with Crippen LogP contribution in [0.25, 0.3) is 0 Å². The number of carbonyl (C=O) groups is 3. The summed E-state index contributed by atoms with van der Waals surface area (Å²) >= 11 is 12.3. The quantitative estimate of drug-likeness (QED) is 0.487. The van der Waals surface area contributed by atoms with Crippen LogP contribution in [-0.4, -0.2) is 42.6 Å². The summed E-state index contributed by atoms with van der Waals surface area (Å²) in [7, 11) is 1.17. The molecule has 1 unspecified atom stereocenters. The number of hydrogen-bond acceptors (Lipinski definition) is 6. The van der Waals surface area contributed by atoms with Crippen LogP contribution in [-0.2, 0) is 16.1 Å². The Kier molecular flexibility index (Phi) is 7.83. The Hall–Kier alpha value is -2.81. The molecule has 0 aliphatic rings. The zero-order valence-electron chi connectivity index (χ0n) is 15.4. The number of esters is 1. The summed E-state index contributed by atoms with van der Waals surface area (Å²) in [6.07, 6.45) is 0. The van der Waals surface area contributed by atoms with Gasteiger partial charge in [0.15, 0.2) is 0 Å². The Labute approximate surface area is 176 Å². The van der Waals surface area contributed by atoms with Crippen LogP contribution in [0.2, 0.25) is 10.0 Å². The highest BCUT2D eigenvalue weighted by atomic mass is 35.5. The molecule has 29 heavy (non-hydrogen) atoms. The van der Waals surface area contributed by atoms with Crippen LogP contribution >= 0.6 is 23.2 Å². The van der Waals surface area contributed by atoms with Crippen LogP contribution in [0.5, 0.6) is 5.75 Å². The standard InChI is InChI=1S/C19H19Cl2N3O5/c1-29-19(28)15(8-22)24-18(27)16-13(20)6-11(7-14(16)21)17(26)23-9-10-3-2-4-12(25)5-10/h2-7,15,25H,8-9,22H2,1H3,(H,23,26)(H,24,27). The first-order valence-corrected chi connectivity index (χ1v) is 9.16. The molecule has 10 heteroatoms. The van der Waals surface area contributed by atoms with Crippen molar-refractivity contribution >= 4 is 41.0 Å². The van der Waals surface area contributed by atoms with Crippen LogP contribution in [0, 0.1) is 0 Å². The molecular weight excluding hydrogens is 421 g/mol. The van der Waals surface area contributed by atoms with Gasteiger partial charge in [0.25, 0.3) is 11.8 Å². The Balaban J connectivity index is 2.14.